The molecule has 1 aliphatic heterocycles. The van der Waals surface area contributed by atoms with Crippen LogP contribution in [0, 0.1) is 0 Å². The molecular weight excluding hydrogens is 182 g/mol. The van der Waals surface area contributed by atoms with E-state index in [0.717, 1.165) is 19.5 Å². The number of benzene rings is 1. The topological polar surface area (TPSA) is 3.24 Å². The maximum Gasteiger partial charge on any atom is 0.0354 e. The Hall–Kier alpha value is -1.50. The molecule has 0 aliphatic carbocycles. The lowest BCUT2D eigenvalue weighted by molar-refractivity contribution is 0.427. The fourth-order valence-electron chi connectivity index (χ4n) is 2.18. The zero-order valence-corrected chi connectivity index (χ0v) is 9.02. The van der Waals surface area contributed by atoms with Crippen molar-refractivity contribution >= 4 is 0 Å². The van der Waals surface area contributed by atoms with Crippen LogP contribution in [-0.2, 0) is 0 Å². The lowest BCUT2D eigenvalue weighted by Gasteiger charge is -2.17. The second kappa shape index (κ2) is 4.35. The van der Waals surface area contributed by atoms with E-state index in [9.17, 15) is 0 Å². The van der Waals surface area contributed by atoms with Gasteiger partial charge in [0.05, 0.1) is 0 Å². The lowest BCUT2D eigenvalue weighted by Crippen LogP contribution is -2.18. The Balaban J connectivity index is 2.09. The zero-order chi connectivity index (χ0) is 10.7. The van der Waals surface area contributed by atoms with E-state index in [1.807, 2.05) is 6.08 Å². The van der Waals surface area contributed by atoms with Crippen LogP contribution in [0.5, 0.6) is 0 Å². The maximum absolute atomic E-state index is 4.11. The van der Waals surface area contributed by atoms with E-state index in [4.69, 9.17) is 0 Å². The first kappa shape index (κ1) is 10.0. The first-order chi connectivity index (χ1) is 7.31. The van der Waals surface area contributed by atoms with Crippen LogP contribution in [0.15, 0.2) is 55.3 Å². The Labute approximate surface area is 91.7 Å². The molecule has 78 valence electrons. The smallest absolute Gasteiger partial charge is 0.0354 e. The molecule has 2 rings (SSSR count). The summed E-state index contributed by atoms with van der Waals surface area (Å²) in [5.74, 6) is 0.610. The van der Waals surface area contributed by atoms with E-state index in [1.54, 1.807) is 0 Å². The highest BCUT2D eigenvalue weighted by Gasteiger charge is 2.25. The number of likely N-dealkylation sites (tertiary alicyclic amines) is 1. The number of hydrogen-bond donors (Lipinski definition) is 0. The molecule has 1 aromatic carbocycles. The highest BCUT2D eigenvalue weighted by atomic mass is 15.2. The average Bonchev–Trinajstić information content (AvgIpc) is 2.63. The minimum Gasteiger partial charge on any atom is -0.371 e. The fraction of sp³-hybridized carbons (Fsp3) is 0.286. The van der Waals surface area contributed by atoms with Crippen molar-refractivity contribution < 1.29 is 0 Å². The van der Waals surface area contributed by atoms with Crippen molar-refractivity contribution in [2.45, 2.75) is 12.3 Å². The molecule has 0 saturated carbocycles. The van der Waals surface area contributed by atoms with Gasteiger partial charge in [0.15, 0.2) is 0 Å². The molecule has 1 fully saturated rings. The van der Waals surface area contributed by atoms with Gasteiger partial charge in [-0.05, 0) is 12.0 Å². The Morgan fingerprint density at radius 3 is 2.73 bits per heavy atom. The minimum absolute atomic E-state index is 0.610. The third-order valence-corrected chi connectivity index (χ3v) is 2.99. The van der Waals surface area contributed by atoms with Crippen LogP contribution in [-0.4, -0.2) is 18.0 Å². The summed E-state index contributed by atoms with van der Waals surface area (Å²) >= 11 is 0. The van der Waals surface area contributed by atoms with Crippen LogP contribution in [0.4, 0.5) is 0 Å². The molecule has 1 nitrogen and oxygen atoms in total. The Kier molecular flexibility index (Phi) is 2.91. The van der Waals surface area contributed by atoms with Gasteiger partial charge in [0.25, 0.3) is 0 Å². The molecule has 1 unspecified atom stereocenters. The van der Waals surface area contributed by atoms with Crippen molar-refractivity contribution in [2.75, 3.05) is 13.1 Å². The fourth-order valence-corrected chi connectivity index (χ4v) is 2.18. The van der Waals surface area contributed by atoms with Gasteiger partial charge in [-0.25, -0.2) is 0 Å². The van der Waals surface area contributed by atoms with E-state index >= 15 is 0 Å². The largest absolute Gasteiger partial charge is 0.371 e. The summed E-state index contributed by atoms with van der Waals surface area (Å²) in [7, 11) is 0. The predicted molar refractivity (Wildman–Crippen MR) is 64.7 cm³/mol. The molecule has 1 aromatic rings. The van der Waals surface area contributed by atoms with Gasteiger partial charge in [-0.1, -0.05) is 43.0 Å². The van der Waals surface area contributed by atoms with Gasteiger partial charge in [-0.15, -0.1) is 6.58 Å². The summed E-state index contributed by atoms with van der Waals surface area (Å²) < 4.78 is 0. The molecule has 1 heterocycles. The molecular formula is C14H17N. The molecule has 0 radical (unpaired) electrons. The van der Waals surface area contributed by atoms with Crippen LogP contribution in [0.1, 0.15) is 17.9 Å². The standard InChI is InChI=1S/C14H17N/c1-3-9-15-11-14(10-12(15)2)13-7-5-4-6-8-13/h3-8,14H,1-2,9-11H2. The highest BCUT2D eigenvalue weighted by Crippen LogP contribution is 2.32. The van der Waals surface area contributed by atoms with Gasteiger partial charge >= 0.3 is 0 Å². The average molecular weight is 199 g/mol. The van der Waals surface area contributed by atoms with Crippen LogP contribution < -0.4 is 0 Å². The lowest BCUT2D eigenvalue weighted by atomic mass is 9.98. The van der Waals surface area contributed by atoms with Crippen LogP contribution in [0.25, 0.3) is 0 Å². The maximum atomic E-state index is 4.11. The number of nitrogens with zero attached hydrogens (tertiary/aromatic N) is 1. The van der Waals surface area contributed by atoms with Gasteiger partial charge in [-0.3, -0.25) is 0 Å². The minimum atomic E-state index is 0.610. The predicted octanol–water partition coefficient (Wildman–Crippen LogP) is 3.18. The number of hydrogen-bond acceptors (Lipinski definition) is 1. The van der Waals surface area contributed by atoms with E-state index in [2.05, 4.69) is 48.4 Å². The molecule has 0 N–H and O–H groups in total. The summed E-state index contributed by atoms with van der Waals surface area (Å²) in [6.07, 6.45) is 3.02. The molecule has 0 bridgehead atoms. The normalized spacial score (nSPS) is 20.7. The van der Waals surface area contributed by atoms with E-state index < -0.39 is 0 Å². The molecule has 15 heavy (non-hydrogen) atoms. The molecule has 1 saturated heterocycles. The van der Waals surface area contributed by atoms with Crippen LogP contribution in [0.3, 0.4) is 0 Å². The Morgan fingerprint density at radius 2 is 2.07 bits per heavy atom. The second-order valence-corrected chi connectivity index (χ2v) is 4.07. The van der Waals surface area contributed by atoms with E-state index in [1.165, 1.54) is 11.3 Å². The summed E-state index contributed by atoms with van der Waals surface area (Å²) in [4.78, 5) is 2.31. The Bertz CT molecular complexity index is 353. The van der Waals surface area contributed by atoms with Gasteiger partial charge in [0.1, 0.15) is 0 Å². The van der Waals surface area contributed by atoms with E-state index in [-0.39, 0.29) is 0 Å². The molecule has 0 spiro atoms. The monoisotopic (exact) mass is 199 g/mol. The molecule has 1 atom stereocenters. The number of rotatable bonds is 3. The summed E-state index contributed by atoms with van der Waals surface area (Å²) in [5, 5.41) is 0. The van der Waals surface area contributed by atoms with Gasteiger partial charge in [0.2, 0.25) is 0 Å². The Morgan fingerprint density at radius 1 is 1.33 bits per heavy atom. The highest BCUT2D eigenvalue weighted by molar-refractivity contribution is 5.25. The number of allylic oxidation sites excluding steroid dienone is 1. The van der Waals surface area contributed by atoms with E-state index in [0.29, 0.717) is 5.92 Å². The van der Waals surface area contributed by atoms with Crippen molar-refractivity contribution in [3.8, 4) is 0 Å². The summed E-state index contributed by atoms with van der Waals surface area (Å²) in [5.41, 5.74) is 2.66. The quantitative estimate of drug-likeness (QED) is 0.676. The third kappa shape index (κ3) is 2.12. The first-order valence-electron chi connectivity index (χ1n) is 5.40. The van der Waals surface area contributed by atoms with Crippen LogP contribution >= 0.6 is 0 Å². The van der Waals surface area contributed by atoms with Crippen LogP contribution in [0.2, 0.25) is 0 Å². The van der Waals surface area contributed by atoms with Gasteiger partial charge in [-0.2, -0.15) is 0 Å². The van der Waals surface area contributed by atoms with Crippen molar-refractivity contribution in [1.82, 2.24) is 4.90 Å². The molecule has 0 amide bonds. The van der Waals surface area contributed by atoms with Crippen molar-refractivity contribution in [2.24, 2.45) is 0 Å². The molecule has 0 aromatic heterocycles. The third-order valence-electron chi connectivity index (χ3n) is 2.99. The molecule has 1 aliphatic rings. The zero-order valence-electron chi connectivity index (χ0n) is 9.02. The molecule has 1 heteroatoms. The summed E-state index contributed by atoms with van der Waals surface area (Å²) in [6, 6.07) is 10.7. The second-order valence-electron chi connectivity index (χ2n) is 4.07. The van der Waals surface area contributed by atoms with Crippen molar-refractivity contribution in [3.63, 3.8) is 0 Å². The van der Waals surface area contributed by atoms with Crippen molar-refractivity contribution in [3.05, 3.63) is 60.8 Å². The summed E-state index contributed by atoms with van der Waals surface area (Å²) in [6.45, 7) is 9.88. The van der Waals surface area contributed by atoms with Crippen molar-refractivity contribution in [1.29, 1.82) is 0 Å². The van der Waals surface area contributed by atoms with Gasteiger partial charge in [0, 0.05) is 24.7 Å². The first-order valence-corrected chi connectivity index (χ1v) is 5.40. The SMILES string of the molecule is C=CCN1CC(c2ccccc2)CC1=C. The van der Waals surface area contributed by atoms with Gasteiger partial charge < -0.3 is 4.90 Å².